The first-order valence-electron chi connectivity index (χ1n) is 7.26. The van der Waals surface area contributed by atoms with E-state index in [1.807, 2.05) is 6.07 Å². The third-order valence-electron chi connectivity index (χ3n) is 3.38. The van der Waals surface area contributed by atoms with Crippen molar-refractivity contribution in [3.63, 3.8) is 0 Å². The Kier molecular flexibility index (Phi) is 5.70. The summed E-state index contributed by atoms with van der Waals surface area (Å²) in [6.45, 7) is 7.02. The Bertz CT molecular complexity index is 555. The zero-order chi connectivity index (χ0) is 15.2. The van der Waals surface area contributed by atoms with Crippen LogP contribution in [0.3, 0.4) is 0 Å². The number of benzene rings is 1. The summed E-state index contributed by atoms with van der Waals surface area (Å²) in [5, 5.41) is 4.07. The van der Waals surface area contributed by atoms with Crippen molar-refractivity contribution in [1.82, 2.24) is 5.48 Å². The molecule has 0 bridgehead atoms. The molecule has 0 radical (unpaired) electrons. The summed E-state index contributed by atoms with van der Waals surface area (Å²) in [5.74, 6) is 0.850. The normalized spacial score (nSPS) is 14.7. The van der Waals surface area contributed by atoms with E-state index < -0.39 is 0 Å². The Morgan fingerprint density at radius 3 is 2.81 bits per heavy atom. The molecule has 1 aliphatic heterocycles. The highest BCUT2D eigenvalue weighted by Gasteiger charge is 2.26. The summed E-state index contributed by atoms with van der Waals surface area (Å²) < 4.78 is 0. The minimum absolute atomic E-state index is 0.0235. The van der Waals surface area contributed by atoms with Gasteiger partial charge in [0, 0.05) is 12.2 Å². The molecule has 1 aromatic carbocycles. The van der Waals surface area contributed by atoms with Gasteiger partial charge >= 0.3 is 0 Å². The fourth-order valence-corrected chi connectivity index (χ4v) is 2.80. The van der Waals surface area contributed by atoms with Crippen LogP contribution < -0.4 is 10.8 Å². The average Bonchev–Trinajstić information content (AvgIpc) is 2.80. The molecule has 0 spiro atoms. The molecule has 4 nitrogen and oxygen atoms in total. The number of ketones is 1. The van der Waals surface area contributed by atoms with Crippen LogP contribution in [0.25, 0.3) is 0 Å². The number of thioether (sulfide) groups is 1. The standard InChI is InChI=1S/C16H22N2O2S/c1-4-5-8-17-20-15-14(19)10-21-16(15)18-13-7-6-11(2)12(3)9-13/h6-7,9,17-18H,4-5,8,10H2,1-3H3. The maximum atomic E-state index is 11.9. The van der Waals surface area contributed by atoms with Crippen molar-refractivity contribution in [2.45, 2.75) is 33.6 Å². The number of hydrogen-bond acceptors (Lipinski definition) is 5. The van der Waals surface area contributed by atoms with Gasteiger partial charge in [0.1, 0.15) is 5.03 Å². The van der Waals surface area contributed by atoms with Gasteiger partial charge in [0.05, 0.1) is 5.75 Å². The molecule has 0 fully saturated rings. The Balaban J connectivity index is 2.05. The molecule has 0 aromatic heterocycles. The van der Waals surface area contributed by atoms with Crippen LogP contribution in [-0.2, 0) is 9.63 Å². The van der Waals surface area contributed by atoms with Gasteiger partial charge < -0.3 is 10.2 Å². The highest BCUT2D eigenvalue weighted by molar-refractivity contribution is 8.04. The van der Waals surface area contributed by atoms with Crippen LogP contribution in [0.1, 0.15) is 30.9 Å². The molecular weight excluding hydrogens is 284 g/mol. The zero-order valence-electron chi connectivity index (χ0n) is 12.8. The predicted octanol–water partition coefficient (Wildman–Crippen LogP) is 3.52. The number of hydroxylamine groups is 1. The first-order valence-corrected chi connectivity index (χ1v) is 8.24. The Morgan fingerprint density at radius 2 is 2.10 bits per heavy atom. The average molecular weight is 306 g/mol. The molecule has 0 saturated heterocycles. The summed E-state index contributed by atoms with van der Waals surface area (Å²) >= 11 is 1.48. The van der Waals surface area contributed by atoms with Gasteiger partial charge in [-0.05, 0) is 43.5 Å². The van der Waals surface area contributed by atoms with E-state index in [0.717, 1.165) is 30.1 Å². The van der Waals surface area contributed by atoms with Gasteiger partial charge in [-0.3, -0.25) is 4.79 Å². The molecule has 0 aliphatic carbocycles. The number of Topliss-reactive ketones (excluding diaryl/α,β-unsaturated/α-hetero) is 1. The van der Waals surface area contributed by atoms with Crippen LogP contribution in [0.15, 0.2) is 29.0 Å². The number of unbranched alkanes of at least 4 members (excludes halogenated alkanes) is 1. The molecule has 0 amide bonds. The summed E-state index contributed by atoms with van der Waals surface area (Å²) in [4.78, 5) is 17.3. The van der Waals surface area contributed by atoms with Crippen molar-refractivity contribution in [3.05, 3.63) is 40.1 Å². The highest BCUT2D eigenvalue weighted by atomic mass is 32.2. The number of carbonyl (C=O) groups excluding carboxylic acids is 1. The molecular formula is C16H22N2O2S. The Hall–Kier alpha value is -1.46. The van der Waals surface area contributed by atoms with E-state index in [0.29, 0.717) is 11.5 Å². The van der Waals surface area contributed by atoms with Crippen LogP contribution >= 0.6 is 11.8 Å². The lowest BCUT2D eigenvalue weighted by Crippen LogP contribution is -2.19. The molecule has 2 rings (SSSR count). The van der Waals surface area contributed by atoms with Crippen molar-refractivity contribution in [3.8, 4) is 0 Å². The van der Waals surface area contributed by atoms with Crippen molar-refractivity contribution in [2.75, 3.05) is 17.6 Å². The number of aryl methyl sites for hydroxylation is 2. The first-order chi connectivity index (χ1) is 10.1. The van der Waals surface area contributed by atoms with Gasteiger partial charge in [-0.25, -0.2) is 0 Å². The largest absolute Gasteiger partial charge is 0.402 e. The van der Waals surface area contributed by atoms with Crippen molar-refractivity contribution in [2.24, 2.45) is 0 Å². The smallest absolute Gasteiger partial charge is 0.220 e. The maximum Gasteiger partial charge on any atom is 0.220 e. The van der Waals surface area contributed by atoms with E-state index >= 15 is 0 Å². The lowest BCUT2D eigenvalue weighted by Gasteiger charge is -2.11. The first kappa shape index (κ1) is 15.9. The van der Waals surface area contributed by atoms with Crippen molar-refractivity contribution < 1.29 is 9.63 Å². The minimum atomic E-state index is 0.0235. The van der Waals surface area contributed by atoms with Crippen LogP contribution in [0.2, 0.25) is 0 Å². The van der Waals surface area contributed by atoms with Crippen LogP contribution in [-0.4, -0.2) is 18.1 Å². The third kappa shape index (κ3) is 4.25. The van der Waals surface area contributed by atoms with Gasteiger partial charge in [-0.15, -0.1) is 0 Å². The Morgan fingerprint density at radius 1 is 1.29 bits per heavy atom. The number of hydrogen-bond donors (Lipinski definition) is 2. The number of allylic oxidation sites excluding steroid dienone is 1. The van der Waals surface area contributed by atoms with Crippen molar-refractivity contribution >= 4 is 23.2 Å². The fraction of sp³-hybridized carbons (Fsp3) is 0.438. The molecule has 5 heteroatoms. The number of anilines is 1. The second-order valence-electron chi connectivity index (χ2n) is 5.14. The minimum Gasteiger partial charge on any atom is -0.402 e. The summed E-state index contributed by atoms with van der Waals surface area (Å²) in [6.07, 6.45) is 2.11. The van der Waals surface area contributed by atoms with Gasteiger partial charge in [0.25, 0.3) is 0 Å². The zero-order valence-corrected chi connectivity index (χ0v) is 13.6. The van der Waals surface area contributed by atoms with Gasteiger partial charge in [0.15, 0.2) is 0 Å². The molecule has 2 N–H and O–H groups in total. The summed E-state index contributed by atoms with van der Waals surface area (Å²) in [5.41, 5.74) is 6.31. The molecule has 114 valence electrons. The van der Waals surface area contributed by atoms with Gasteiger partial charge in [-0.1, -0.05) is 31.2 Å². The Labute approximate surface area is 130 Å². The fourth-order valence-electron chi connectivity index (χ4n) is 1.91. The SMILES string of the molecule is CCCCNOC1=C(Nc2ccc(C)c(C)c2)SCC1=O. The topological polar surface area (TPSA) is 50.4 Å². The highest BCUT2D eigenvalue weighted by Crippen LogP contribution is 2.30. The molecule has 1 aliphatic rings. The quantitative estimate of drug-likeness (QED) is 0.596. The second kappa shape index (κ2) is 7.52. The number of nitrogens with one attached hydrogen (secondary N) is 2. The van der Waals surface area contributed by atoms with E-state index in [4.69, 9.17) is 4.84 Å². The summed E-state index contributed by atoms with van der Waals surface area (Å²) in [6, 6.07) is 6.16. The maximum absolute atomic E-state index is 11.9. The number of rotatable bonds is 7. The van der Waals surface area contributed by atoms with E-state index in [2.05, 4.69) is 43.7 Å². The molecule has 0 atom stereocenters. The van der Waals surface area contributed by atoms with Crippen LogP contribution in [0.4, 0.5) is 5.69 Å². The monoisotopic (exact) mass is 306 g/mol. The van der Waals surface area contributed by atoms with E-state index in [9.17, 15) is 4.79 Å². The van der Waals surface area contributed by atoms with E-state index in [1.54, 1.807) is 0 Å². The summed E-state index contributed by atoms with van der Waals surface area (Å²) in [7, 11) is 0. The number of carbonyl (C=O) groups is 1. The van der Waals surface area contributed by atoms with Crippen molar-refractivity contribution in [1.29, 1.82) is 0 Å². The lowest BCUT2D eigenvalue weighted by atomic mass is 10.1. The van der Waals surface area contributed by atoms with Gasteiger partial charge in [-0.2, -0.15) is 5.48 Å². The molecule has 1 aromatic rings. The molecule has 21 heavy (non-hydrogen) atoms. The molecule has 0 saturated carbocycles. The van der Waals surface area contributed by atoms with Crippen LogP contribution in [0, 0.1) is 13.8 Å². The van der Waals surface area contributed by atoms with Crippen LogP contribution in [0.5, 0.6) is 0 Å². The third-order valence-corrected chi connectivity index (χ3v) is 4.36. The molecule has 0 unspecified atom stereocenters. The predicted molar refractivity (Wildman–Crippen MR) is 88.0 cm³/mol. The molecule has 1 heterocycles. The second-order valence-corrected chi connectivity index (χ2v) is 6.13. The lowest BCUT2D eigenvalue weighted by molar-refractivity contribution is -0.117. The van der Waals surface area contributed by atoms with E-state index in [1.165, 1.54) is 22.9 Å². The van der Waals surface area contributed by atoms with Gasteiger partial charge in [0.2, 0.25) is 11.5 Å². The van der Waals surface area contributed by atoms with E-state index in [-0.39, 0.29) is 5.78 Å².